The molecule has 0 aliphatic carbocycles. The summed E-state index contributed by atoms with van der Waals surface area (Å²) in [6, 6.07) is 3.95. The molecule has 0 bridgehead atoms. The molecular weight excluding hydrogens is 242 g/mol. The molecule has 0 aromatic carbocycles. The third-order valence-electron chi connectivity index (χ3n) is 2.20. The number of hydrogen-bond acceptors (Lipinski definition) is 4. The van der Waals surface area contributed by atoms with Crippen molar-refractivity contribution in [2.24, 2.45) is 0 Å². The lowest BCUT2D eigenvalue weighted by atomic mass is 10.2. The number of aryl methyl sites for hydroxylation is 2. The minimum Gasteiger partial charge on any atom is -0.253 e. The predicted octanol–water partition coefficient (Wildman–Crippen LogP) is 3.08. The normalized spacial score (nSPS) is 10.6. The lowest BCUT2D eigenvalue weighted by Crippen LogP contribution is -1.86. The van der Waals surface area contributed by atoms with Crippen molar-refractivity contribution in [3.63, 3.8) is 0 Å². The van der Waals surface area contributed by atoms with E-state index < -0.39 is 0 Å². The largest absolute Gasteiger partial charge is 0.253 e. The lowest BCUT2D eigenvalue weighted by Gasteiger charge is -1.97. The van der Waals surface area contributed by atoms with Gasteiger partial charge in [-0.25, -0.2) is 0 Å². The topological polar surface area (TPSA) is 38.7 Å². The molecule has 0 saturated heterocycles. The first-order chi connectivity index (χ1) is 7.81. The molecule has 2 heterocycles. The summed E-state index contributed by atoms with van der Waals surface area (Å²) in [4.78, 5) is 4.32. The van der Waals surface area contributed by atoms with Crippen LogP contribution < -0.4 is 0 Å². The molecule has 2 aromatic rings. The maximum Gasteiger partial charge on any atom is 0.166 e. The van der Waals surface area contributed by atoms with E-state index in [1.54, 1.807) is 17.5 Å². The third-order valence-corrected chi connectivity index (χ3v) is 3.46. The molecule has 0 unspecified atom stereocenters. The first-order valence-corrected chi connectivity index (χ1v) is 6.46. The molecule has 16 heavy (non-hydrogen) atoms. The van der Waals surface area contributed by atoms with Gasteiger partial charge >= 0.3 is 0 Å². The summed E-state index contributed by atoms with van der Waals surface area (Å²) in [5.41, 5.74) is 2.06. The molecule has 0 saturated carbocycles. The first kappa shape index (κ1) is 11.5. The summed E-state index contributed by atoms with van der Waals surface area (Å²) >= 11 is 7.24. The zero-order chi connectivity index (χ0) is 11.4. The average Bonchev–Trinajstić information content (AvgIpc) is 2.75. The predicted molar refractivity (Wildman–Crippen MR) is 66.9 cm³/mol. The van der Waals surface area contributed by atoms with E-state index in [2.05, 4.69) is 15.2 Å². The Morgan fingerprint density at radius 1 is 1.38 bits per heavy atom. The van der Waals surface area contributed by atoms with E-state index in [0.29, 0.717) is 5.88 Å². The van der Waals surface area contributed by atoms with Gasteiger partial charge in [-0.2, -0.15) is 0 Å². The third kappa shape index (κ3) is 2.57. The highest BCUT2D eigenvalue weighted by Crippen LogP contribution is 2.24. The molecule has 5 heteroatoms. The Hall–Kier alpha value is -1.000. The summed E-state index contributed by atoms with van der Waals surface area (Å²) in [5.74, 6) is 0.664. The molecule has 0 aliphatic rings. The van der Waals surface area contributed by atoms with Crippen molar-refractivity contribution >= 4 is 22.9 Å². The van der Waals surface area contributed by atoms with Crippen molar-refractivity contribution in [3.8, 4) is 10.7 Å². The number of hydrogen-bond donors (Lipinski definition) is 0. The van der Waals surface area contributed by atoms with Crippen molar-refractivity contribution in [3.05, 3.63) is 28.9 Å². The van der Waals surface area contributed by atoms with Gasteiger partial charge in [0.2, 0.25) is 0 Å². The fraction of sp³-hybridized carbons (Fsp3) is 0.364. The van der Waals surface area contributed by atoms with E-state index in [-0.39, 0.29) is 0 Å². The fourth-order valence-corrected chi connectivity index (χ4v) is 2.45. The molecule has 0 aliphatic heterocycles. The van der Waals surface area contributed by atoms with E-state index in [0.717, 1.165) is 34.1 Å². The summed E-state index contributed by atoms with van der Waals surface area (Å²) < 4.78 is 0. The Kier molecular flexibility index (Phi) is 3.85. The minimum atomic E-state index is 0.664. The van der Waals surface area contributed by atoms with E-state index in [1.165, 1.54) is 0 Å². The van der Waals surface area contributed by atoms with E-state index in [4.69, 9.17) is 11.6 Å². The molecule has 0 radical (unpaired) electrons. The number of rotatable bonds is 4. The van der Waals surface area contributed by atoms with Crippen LogP contribution in [0.25, 0.3) is 10.7 Å². The van der Waals surface area contributed by atoms with Crippen LogP contribution in [0.2, 0.25) is 0 Å². The zero-order valence-corrected chi connectivity index (χ0v) is 10.6. The molecule has 0 atom stereocenters. The summed E-state index contributed by atoms with van der Waals surface area (Å²) in [7, 11) is 0. The van der Waals surface area contributed by atoms with Crippen LogP contribution in [-0.2, 0) is 6.42 Å². The van der Waals surface area contributed by atoms with Crippen LogP contribution in [-0.4, -0.2) is 21.1 Å². The molecule has 0 spiro atoms. The first-order valence-electron chi connectivity index (χ1n) is 5.11. The Bertz CT molecular complexity index is 470. The van der Waals surface area contributed by atoms with Gasteiger partial charge in [-0.1, -0.05) is 17.4 Å². The SMILES string of the molecule is Cc1cccnc1-c1nnc(CCCCl)s1. The molecule has 0 amide bonds. The van der Waals surface area contributed by atoms with Gasteiger partial charge < -0.3 is 0 Å². The zero-order valence-electron chi connectivity index (χ0n) is 8.98. The second kappa shape index (κ2) is 5.37. The van der Waals surface area contributed by atoms with Gasteiger partial charge in [-0.15, -0.1) is 21.8 Å². The highest BCUT2D eigenvalue weighted by atomic mass is 35.5. The molecule has 0 N–H and O–H groups in total. The summed E-state index contributed by atoms with van der Waals surface area (Å²) in [5, 5.41) is 10.2. The minimum absolute atomic E-state index is 0.664. The van der Waals surface area contributed by atoms with Crippen molar-refractivity contribution in [1.82, 2.24) is 15.2 Å². The van der Waals surface area contributed by atoms with E-state index in [9.17, 15) is 0 Å². The van der Waals surface area contributed by atoms with Gasteiger partial charge in [0.05, 0.1) is 0 Å². The smallest absolute Gasteiger partial charge is 0.166 e. The van der Waals surface area contributed by atoms with Crippen LogP contribution in [0, 0.1) is 6.92 Å². The molecule has 0 fully saturated rings. The Labute approximate surface area is 104 Å². The van der Waals surface area contributed by atoms with Gasteiger partial charge in [-0.3, -0.25) is 4.98 Å². The van der Waals surface area contributed by atoms with Gasteiger partial charge in [0.25, 0.3) is 0 Å². The Morgan fingerprint density at radius 2 is 2.25 bits per heavy atom. The highest BCUT2D eigenvalue weighted by molar-refractivity contribution is 7.14. The standard InChI is InChI=1S/C11H12ClN3S/c1-8-4-3-7-13-10(8)11-15-14-9(16-11)5-2-6-12/h3-4,7H,2,5-6H2,1H3. The number of pyridine rings is 1. The van der Waals surface area contributed by atoms with E-state index >= 15 is 0 Å². The van der Waals surface area contributed by atoms with Crippen molar-refractivity contribution in [2.45, 2.75) is 19.8 Å². The number of alkyl halides is 1. The van der Waals surface area contributed by atoms with Crippen LogP contribution in [0.5, 0.6) is 0 Å². The summed E-state index contributed by atoms with van der Waals surface area (Å²) in [6.07, 6.45) is 3.62. The molecule has 84 valence electrons. The van der Waals surface area contributed by atoms with Gasteiger partial charge in [0.1, 0.15) is 10.7 Å². The van der Waals surface area contributed by atoms with Crippen molar-refractivity contribution < 1.29 is 0 Å². The van der Waals surface area contributed by atoms with Gasteiger partial charge in [-0.05, 0) is 25.0 Å². The maximum atomic E-state index is 5.64. The fourth-order valence-electron chi connectivity index (χ4n) is 1.38. The van der Waals surface area contributed by atoms with Crippen LogP contribution >= 0.6 is 22.9 Å². The van der Waals surface area contributed by atoms with Crippen LogP contribution in [0.15, 0.2) is 18.3 Å². The number of halogens is 1. The van der Waals surface area contributed by atoms with Crippen LogP contribution in [0.3, 0.4) is 0 Å². The molecule has 2 rings (SSSR count). The monoisotopic (exact) mass is 253 g/mol. The lowest BCUT2D eigenvalue weighted by molar-refractivity contribution is 0.883. The second-order valence-corrected chi connectivity index (χ2v) is 4.90. The van der Waals surface area contributed by atoms with Crippen LogP contribution in [0.1, 0.15) is 17.0 Å². The molecular formula is C11H12ClN3S. The highest BCUT2D eigenvalue weighted by Gasteiger charge is 2.09. The van der Waals surface area contributed by atoms with E-state index in [1.807, 2.05) is 19.1 Å². The number of nitrogens with zero attached hydrogens (tertiary/aromatic N) is 3. The van der Waals surface area contributed by atoms with Crippen molar-refractivity contribution in [1.29, 1.82) is 0 Å². The average molecular weight is 254 g/mol. The molecule has 3 nitrogen and oxygen atoms in total. The maximum absolute atomic E-state index is 5.64. The van der Waals surface area contributed by atoms with Crippen molar-refractivity contribution in [2.75, 3.05) is 5.88 Å². The Balaban J connectivity index is 2.22. The van der Waals surface area contributed by atoms with Gasteiger partial charge in [0, 0.05) is 18.5 Å². The summed E-state index contributed by atoms with van der Waals surface area (Å²) in [6.45, 7) is 2.03. The second-order valence-electron chi connectivity index (χ2n) is 3.46. The van der Waals surface area contributed by atoms with Crippen LogP contribution in [0.4, 0.5) is 0 Å². The number of aromatic nitrogens is 3. The van der Waals surface area contributed by atoms with Gasteiger partial charge in [0.15, 0.2) is 5.01 Å². The Morgan fingerprint density at radius 3 is 3.00 bits per heavy atom. The quantitative estimate of drug-likeness (QED) is 0.786. The molecule has 2 aromatic heterocycles.